The van der Waals surface area contributed by atoms with Crippen LogP contribution in [0.3, 0.4) is 0 Å². The van der Waals surface area contributed by atoms with Crippen LogP contribution in [0.5, 0.6) is 5.75 Å². The van der Waals surface area contributed by atoms with Gasteiger partial charge in [-0.3, -0.25) is 4.79 Å². The van der Waals surface area contributed by atoms with E-state index in [-0.39, 0.29) is 22.4 Å². The lowest BCUT2D eigenvalue weighted by Gasteiger charge is -2.13. The van der Waals surface area contributed by atoms with Crippen molar-refractivity contribution in [2.75, 3.05) is 0 Å². The van der Waals surface area contributed by atoms with Gasteiger partial charge in [-0.1, -0.05) is 31.9 Å². The van der Waals surface area contributed by atoms with Crippen molar-refractivity contribution in [3.63, 3.8) is 0 Å². The monoisotopic (exact) mass is 388 g/mol. The van der Waals surface area contributed by atoms with Crippen molar-refractivity contribution in [1.29, 1.82) is 0 Å². The third-order valence-electron chi connectivity index (χ3n) is 2.08. The number of carbonyl (C=O) groups is 1. The number of halogens is 5. The molecule has 0 fully saturated rings. The Morgan fingerprint density at radius 2 is 2.06 bits per heavy atom. The number of ether oxygens (including phenoxy) is 1. The SMILES string of the molecule is CC(Br)C(=O)c1ccc(OC(F)(F)F)c(CBr)c1. The third-order valence-corrected chi connectivity index (χ3v) is 3.10. The van der Waals surface area contributed by atoms with Crippen LogP contribution in [0.25, 0.3) is 0 Å². The molecule has 0 aliphatic heterocycles. The Hall–Kier alpha value is -0.560. The molecule has 7 heteroatoms. The molecule has 100 valence electrons. The van der Waals surface area contributed by atoms with E-state index in [2.05, 4.69) is 36.6 Å². The molecule has 0 aromatic heterocycles. The molecule has 18 heavy (non-hydrogen) atoms. The summed E-state index contributed by atoms with van der Waals surface area (Å²) in [6.45, 7) is 1.65. The van der Waals surface area contributed by atoms with Gasteiger partial charge in [0, 0.05) is 16.5 Å². The Morgan fingerprint density at radius 1 is 1.44 bits per heavy atom. The van der Waals surface area contributed by atoms with Gasteiger partial charge in [0.05, 0.1) is 4.83 Å². The molecule has 1 rings (SSSR count). The summed E-state index contributed by atoms with van der Waals surface area (Å²) >= 11 is 6.18. The molecule has 0 spiro atoms. The Kier molecular flexibility index (Phi) is 5.21. The average Bonchev–Trinajstić information content (AvgIpc) is 2.26. The number of carbonyl (C=O) groups excluding carboxylic acids is 1. The maximum atomic E-state index is 12.1. The van der Waals surface area contributed by atoms with E-state index in [0.29, 0.717) is 5.56 Å². The Labute approximate surface area is 119 Å². The van der Waals surface area contributed by atoms with Crippen LogP contribution < -0.4 is 4.74 Å². The number of ketones is 1. The van der Waals surface area contributed by atoms with E-state index in [1.807, 2.05) is 0 Å². The molecule has 1 atom stereocenters. The predicted molar refractivity (Wildman–Crippen MR) is 68.5 cm³/mol. The first kappa shape index (κ1) is 15.5. The van der Waals surface area contributed by atoms with Crippen LogP contribution in [0, 0.1) is 0 Å². The molecule has 2 nitrogen and oxygen atoms in total. The Morgan fingerprint density at radius 3 is 2.50 bits per heavy atom. The van der Waals surface area contributed by atoms with Gasteiger partial charge in [-0.15, -0.1) is 13.2 Å². The second kappa shape index (κ2) is 6.06. The van der Waals surface area contributed by atoms with Crippen LogP contribution in [0.4, 0.5) is 13.2 Å². The van der Waals surface area contributed by atoms with Crippen molar-refractivity contribution in [2.24, 2.45) is 0 Å². The number of rotatable bonds is 4. The highest BCUT2D eigenvalue weighted by Crippen LogP contribution is 2.29. The largest absolute Gasteiger partial charge is 0.573 e. The van der Waals surface area contributed by atoms with E-state index in [1.54, 1.807) is 6.92 Å². The van der Waals surface area contributed by atoms with Gasteiger partial charge in [-0.25, -0.2) is 0 Å². The van der Waals surface area contributed by atoms with Gasteiger partial charge in [0.25, 0.3) is 0 Å². The van der Waals surface area contributed by atoms with Gasteiger partial charge >= 0.3 is 6.36 Å². The van der Waals surface area contributed by atoms with E-state index < -0.39 is 11.2 Å². The Bertz CT molecular complexity index is 444. The number of alkyl halides is 5. The molecule has 1 aromatic carbocycles. The van der Waals surface area contributed by atoms with Crippen molar-refractivity contribution in [3.05, 3.63) is 29.3 Å². The van der Waals surface area contributed by atoms with Crippen LogP contribution in [0.2, 0.25) is 0 Å². The zero-order valence-electron chi connectivity index (χ0n) is 9.22. The van der Waals surface area contributed by atoms with Crippen LogP contribution in [0.15, 0.2) is 18.2 Å². The summed E-state index contributed by atoms with van der Waals surface area (Å²) < 4.78 is 40.3. The topological polar surface area (TPSA) is 26.3 Å². The minimum atomic E-state index is -4.74. The van der Waals surface area contributed by atoms with Crippen molar-refractivity contribution in [2.45, 2.75) is 23.4 Å². The zero-order chi connectivity index (χ0) is 13.9. The molecule has 0 bridgehead atoms. The molecule has 0 N–H and O–H groups in total. The quantitative estimate of drug-likeness (QED) is 0.561. The molecule has 1 aromatic rings. The van der Waals surface area contributed by atoms with Crippen LogP contribution in [-0.2, 0) is 5.33 Å². The second-order valence-corrected chi connectivity index (χ2v) is 5.42. The number of benzene rings is 1. The van der Waals surface area contributed by atoms with E-state index in [4.69, 9.17) is 0 Å². The van der Waals surface area contributed by atoms with Crippen molar-refractivity contribution >= 4 is 37.6 Å². The van der Waals surface area contributed by atoms with Crippen LogP contribution >= 0.6 is 31.9 Å². The first-order chi connectivity index (χ1) is 8.24. The van der Waals surface area contributed by atoms with Gasteiger partial charge in [-0.05, 0) is 25.1 Å². The summed E-state index contributed by atoms with van der Waals surface area (Å²) in [5, 5.41) is 0.163. The smallest absolute Gasteiger partial charge is 0.405 e. The summed E-state index contributed by atoms with van der Waals surface area (Å²) in [5.74, 6) is -0.506. The highest BCUT2D eigenvalue weighted by molar-refractivity contribution is 9.10. The minimum Gasteiger partial charge on any atom is -0.405 e. The maximum Gasteiger partial charge on any atom is 0.573 e. The average molecular weight is 390 g/mol. The third kappa shape index (κ3) is 4.28. The van der Waals surface area contributed by atoms with E-state index in [0.717, 1.165) is 6.07 Å². The van der Waals surface area contributed by atoms with Gasteiger partial charge in [0.1, 0.15) is 5.75 Å². The standard InChI is InChI=1S/C11H9Br2F3O2/c1-6(13)10(17)7-2-3-9(8(4-7)5-12)18-11(14,15)16/h2-4,6H,5H2,1H3. The van der Waals surface area contributed by atoms with Crippen molar-refractivity contribution < 1.29 is 22.7 Å². The number of hydrogen-bond acceptors (Lipinski definition) is 2. The Balaban J connectivity index is 3.08. The van der Waals surface area contributed by atoms with Gasteiger partial charge < -0.3 is 4.74 Å². The number of hydrogen-bond donors (Lipinski definition) is 0. The highest BCUT2D eigenvalue weighted by atomic mass is 79.9. The molecule has 0 aliphatic carbocycles. The van der Waals surface area contributed by atoms with Gasteiger partial charge in [0.2, 0.25) is 0 Å². The van der Waals surface area contributed by atoms with Gasteiger partial charge in [-0.2, -0.15) is 0 Å². The number of Topliss-reactive ketones (excluding diaryl/α,β-unsaturated/α-hetero) is 1. The van der Waals surface area contributed by atoms with Crippen LogP contribution in [-0.4, -0.2) is 17.0 Å². The molecule has 0 amide bonds. The molecular formula is C11H9Br2F3O2. The molecule has 0 radical (unpaired) electrons. The van der Waals surface area contributed by atoms with E-state index >= 15 is 0 Å². The predicted octanol–water partition coefficient (Wildman–Crippen LogP) is 4.45. The normalized spacial score (nSPS) is 13.2. The lowest BCUT2D eigenvalue weighted by atomic mass is 10.1. The molecule has 1 unspecified atom stereocenters. The zero-order valence-corrected chi connectivity index (χ0v) is 12.4. The van der Waals surface area contributed by atoms with E-state index in [9.17, 15) is 18.0 Å². The van der Waals surface area contributed by atoms with Crippen molar-refractivity contribution in [3.8, 4) is 5.75 Å². The van der Waals surface area contributed by atoms with Crippen LogP contribution in [0.1, 0.15) is 22.8 Å². The summed E-state index contributed by atoms with van der Waals surface area (Å²) in [6.07, 6.45) is -4.74. The fraction of sp³-hybridized carbons (Fsp3) is 0.364. The lowest BCUT2D eigenvalue weighted by Crippen LogP contribution is -2.18. The first-order valence-electron chi connectivity index (χ1n) is 4.87. The summed E-state index contributed by atoms with van der Waals surface area (Å²) in [7, 11) is 0. The molecular weight excluding hydrogens is 381 g/mol. The fourth-order valence-electron chi connectivity index (χ4n) is 1.29. The molecule has 0 aliphatic rings. The van der Waals surface area contributed by atoms with Crippen molar-refractivity contribution in [1.82, 2.24) is 0 Å². The summed E-state index contributed by atoms with van der Waals surface area (Å²) in [6, 6.07) is 3.84. The minimum absolute atomic E-state index is 0.163. The first-order valence-corrected chi connectivity index (χ1v) is 6.91. The molecule has 0 saturated heterocycles. The molecule has 0 saturated carbocycles. The fourth-order valence-corrected chi connectivity index (χ4v) is 1.99. The van der Waals surface area contributed by atoms with Gasteiger partial charge in [0.15, 0.2) is 5.78 Å². The summed E-state index contributed by atoms with van der Waals surface area (Å²) in [4.78, 5) is 11.3. The van der Waals surface area contributed by atoms with E-state index in [1.165, 1.54) is 12.1 Å². The highest BCUT2D eigenvalue weighted by Gasteiger charge is 2.32. The maximum absolute atomic E-state index is 12.1. The lowest BCUT2D eigenvalue weighted by molar-refractivity contribution is -0.274. The summed E-state index contributed by atoms with van der Waals surface area (Å²) in [5.41, 5.74) is 0.606. The second-order valence-electron chi connectivity index (χ2n) is 3.48. The molecule has 0 heterocycles.